The van der Waals surface area contributed by atoms with E-state index in [1.807, 2.05) is 0 Å². The zero-order valence-corrected chi connectivity index (χ0v) is 10.8. The summed E-state index contributed by atoms with van der Waals surface area (Å²) in [7, 11) is 1.60. The topological polar surface area (TPSA) is 79.5 Å². The minimum Gasteiger partial charge on any atom is -0.391 e. The van der Waals surface area contributed by atoms with E-state index in [-0.39, 0.29) is 17.4 Å². The summed E-state index contributed by atoms with van der Waals surface area (Å²) in [6.45, 7) is 0. The Hall–Kier alpha value is -1.69. The Morgan fingerprint density at radius 1 is 1.53 bits per heavy atom. The van der Waals surface area contributed by atoms with Crippen molar-refractivity contribution in [2.45, 2.75) is 37.8 Å². The molecule has 1 saturated carbocycles. The van der Waals surface area contributed by atoms with E-state index in [4.69, 9.17) is 5.73 Å². The summed E-state index contributed by atoms with van der Waals surface area (Å²) in [5.74, 6) is -1.01. The van der Waals surface area contributed by atoms with Crippen molar-refractivity contribution in [1.82, 2.24) is 9.88 Å². The average molecular weight is 267 g/mol. The summed E-state index contributed by atoms with van der Waals surface area (Å²) in [6, 6.07) is 0.833. The van der Waals surface area contributed by atoms with Gasteiger partial charge in [0.25, 0.3) is 5.91 Å². The van der Waals surface area contributed by atoms with Gasteiger partial charge in [0.1, 0.15) is 11.6 Å². The molecule has 0 aliphatic heterocycles. The highest BCUT2D eigenvalue weighted by atomic mass is 19.1. The number of hydrogen-bond donors (Lipinski definition) is 2. The van der Waals surface area contributed by atoms with E-state index in [1.165, 1.54) is 4.90 Å². The van der Waals surface area contributed by atoms with Gasteiger partial charge in [0.05, 0.1) is 23.9 Å². The second-order valence-electron chi connectivity index (χ2n) is 4.92. The maximum absolute atomic E-state index is 13.2. The van der Waals surface area contributed by atoms with Crippen LogP contribution in [-0.4, -0.2) is 40.1 Å². The lowest BCUT2D eigenvalue weighted by atomic mass is 9.91. The third kappa shape index (κ3) is 2.84. The number of likely N-dealkylation sites (N-methyl/N-ethyl adjacent to an activating group) is 1. The van der Waals surface area contributed by atoms with Crippen molar-refractivity contribution in [3.63, 3.8) is 0 Å². The van der Waals surface area contributed by atoms with Crippen LogP contribution in [-0.2, 0) is 0 Å². The second kappa shape index (κ2) is 5.52. The molecule has 1 aromatic rings. The van der Waals surface area contributed by atoms with Gasteiger partial charge in [-0.05, 0) is 18.9 Å². The molecule has 0 radical (unpaired) electrons. The minimum atomic E-state index is -0.602. The van der Waals surface area contributed by atoms with Crippen molar-refractivity contribution in [1.29, 1.82) is 0 Å². The van der Waals surface area contributed by atoms with Gasteiger partial charge in [-0.2, -0.15) is 0 Å². The van der Waals surface area contributed by atoms with E-state index in [2.05, 4.69) is 4.98 Å². The summed E-state index contributed by atoms with van der Waals surface area (Å²) >= 11 is 0. The molecule has 6 heteroatoms. The number of pyridine rings is 1. The van der Waals surface area contributed by atoms with Gasteiger partial charge >= 0.3 is 0 Å². The number of anilines is 1. The summed E-state index contributed by atoms with van der Waals surface area (Å²) in [5.41, 5.74) is 5.65. The maximum Gasteiger partial charge on any atom is 0.257 e. The Morgan fingerprint density at radius 2 is 2.21 bits per heavy atom. The number of nitrogens with two attached hydrogens (primary N) is 1. The number of aliphatic hydroxyl groups excluding tert-OH is 1. The van der Waals surface area contributed by atoms with E-state index >= 15 is 0 Å². The van der Waals surface area contributed by atoms with E-state index in [0.29, 0.717) is 6.42 Å². The minimum absolute atomic E-state index is 0.00329. The van der Waals surface area contributed by atoms with Gasteiger partial charge < -0.3 is 15.7 Å². The van der Waals surface area contributed by atoms with Gasteiger partial charge in [-0.3, -0.25) is 4.79 Å². The molecule has 0 saturated heterocycles. The van der Waals surface area contributed by atoms with Crippen molar-refractivity contribution in [2.75, 3.05) is 12.8 Å². The molecule has 2 atom stereocenters. The number of hydrogen-bond acceptors (Lipinski definition) is 4. The first-order valence-corrected chi connectivity index (χ1v) is 6.37. The Labute approximate surface area is 111 Å². The van der Waals surface area contributed by atoms with Crippen LogP contribution < -0.4 is 5.73 Å². The zero-order valence-electron chi connectivity index (χ0n) is 10.8. The molecule has 2 unspecified atom stereocenters. The van der Waals surface area contributed by atoms with Crippen LogP contribution in [0.2, 0.25) is 0 Å². The van der Waals surface area contributed by atoms with E-state index < -0.39 is 17.8 Å². The fourth-order valence-corrected chi connectivity index (χ4v) is 2.51. The molecule has 1 aliphatic rings. The second-order valence-corrected chi connectivity index (χ2v) is 4.92. The van der Waals surface area contributed by atoms with Crippen molar-refractivity contribution >= 4 is 11.7 Å². The quantitative estimate of drug-likeness (QED) is 0.843. The number of rotatable bonds is 2. The predicted octanol–water partition coefficient (Wildman–Crippen LogP) is 1.18. The molecule has 1 fully saturated rings. The smallest absolute Gasteiger partial charge is 0.257 e. The van der Waals surface area contributed by atoms with Gasteiger partial charge in [0, 0.05) is 7.05 Å². The molecule has 1 heterocycles. The molecule has 0 spiro atoms. The number of nitrogen functional groups attached to an aromatic ring is 1. The molecule has 104 valence electrons. The normalized spacial score (nSPS) is 23.1. The molecule has 0 bridgehead atoms. The molecule has 1 amide bonds. The molecule has 1 aliphatic carbocycles. The van der Waals surface area contributed by atoms with Crippen LogP contribution in [0.15, 0.2) is 12.3 Å². The Balaban J connectivity index is 2.20. The number of halogens is 1. The SMILES string of the molecule is CN(C(=O)c1cc(F)cnc1N)C1CCCCC1O. The Bertz CT molecular complexity index is 481. The van der Waals surface area contributed by atoms with Crippen LogP contribution in [0.4, 0.5) is 10.2 Å². The van der Waals surface area contributed by atoms with Crippen molar-refractivity contribution in [2.24, 2.45) is 0 Å². The summed E-state index contributed by atoms with van der Waals surface area (Å²) < 4.78 is 13.2. The van der Waals surface area contributed by atoms with Crippen molar-refractivity contribution in [3.05, 3.63) is 23.6 Å². The fourth-order valence-electron chi connectivity index (χ4n) is 2.51. The van der Waals surface area contributed by atoms with Gasteiger partial charge in [-0.15, -0.1) is 0 Å². The van der Waals surface area contributed by atoms with Crippen molar-refractivity contribution in [3.8, 4) is 0 Å². The highest BCUT2D eigenvalue weighted by Crippen LogP contribution is 2.24. The van der Waals surface area contributed by atoms with Crippen LogP contribution in [0, 0.1) is 5.82 Å². The van der Waals surface area contributed by atoms with Crippen LogP contribution in [0.25, 0.3) is 0 Å². The summed E-state index contributed by atoms with van der Waals surface area (Å²) in [5, 5.41) is 9.94. The molecule has 1 aromatic heterocycles. The summed E-state index contributed by atoms with van der Waals surface area (Å²) in [6.07, 6.45) is 3.79. The van der Waals surface area contributed by atoms with Crippen LogP contribution in [0.5, 0.6) is 0 Å². The first kappa shape index (κ1) is 13.7. The molecule has 5 nitrogen and oxygen atoms in total. The van der Waals surface area contributed by atoms with Crippen LogP contribution in [0.1, 0.15) is 36.0 Å². The monoisotopic (exact) mass is 267 g/mol. The number of aromatic nitrogens is 1. The predicted molar refractivity (Wildman–Crippen MR) is 69.0 cm³/mol. The first-order chi connectivity index (χ1) is 9.00. The number of carbonyl (C=O) groups excluding carboxylic acids is 1. The highest BCUT2D eigenvalue weighted by Gasteiger charge is 2.30. The first-order valence-electron chi connectivity index (χ1n) is 6.37. The fraction of sp³-hybridized carbons (Fsp3) is 0.538. The zero-order chi connectivity index (χ0) is 14.0. The maximum atomic E-state index is 13.2. The van der Waals surface area contributed by atoms with Gasteiger partial charge in [-0.25, -0.2) is 9.37 Å². The molecular formula is C13H18FN3O2. The average Bonchev–Trinajstić information content (AvgIpc) is 2.40. The van der Waals surface area contributed by atoms with E-state index in [1.54, 1.807) is 7.05 Å². The molecular weight excluding hydrogens is 249 g/mol. The van der Waals surface area contributed by atoms with E-state index in [9.17, 15) is 14.3 Å². The Kier molecular flexibility index (Phi) is 3.99. The lowest BCUT2D eigenvalue weighted by Gasteiger charge is -2.35. The van der Waals surface area contributed by atoms with Gasteiger partial charge in [0.2, 0.25) is 0 Å². The third-order valence-electron chi connectivity index (χ3n) is 3.63. The van der Waals surface area contributed by atoms with Crippen molar-refractivity contribution < 1.29 is 14.3 Å². The third-order valence-corrected chi connectivity index (χ3v) is 3.63. The number of aliphatic hydroxyl groups is 1. The molecule has 19 heavy (non-hydrogen) atoms. The lowest BCUT2D eigenvalue weighted by Crippen LogP contribution is -2.46. The Morgan fingerprint density at radius 3 is 2.89 bits per heavy atom. The van der Waals surface area contributed by atoms with Gasteiger partial charge in [0.15, 0.2) is 0 Å². The molecule has 3 N–H and O–H groups in total. The number of carbonyl (C=O) groups is 1. The van der Waals surface area contributed by atoms with Crippen LogP contribution in [0.3, 0.4) is 0 Å². The lowest BCUT2D eigenvalue weighted by molar-refractivity contribution is 0.0268. The highest BCUT2D eigenvalue weighted by molar-refractivity contribution is 5.98. The molecule has 2 rings (SSSR count). The summed E-state index contributed by atoms with van der Waals surface area (Å²) in [4.78, 5) is 17.4. The molecule has 0 aromatic carbocycles. The van der Waals surface area contributed by atoms with Crippen LogP contribution >= 0.6 is 0 Å². The number of nitrogens with zero attached hydrogens (tertiary/aromatic N) is 2. The van der Waals surface area contributed by atoms with E-state index in [0.717, 1.165) is 31.5 Å². The largest absolute Gasteiger partial charge is 0.391 e. The van der Waals surface area contributed by atoms with Gasteiger partial charge in [-0.1, -0.05) is 12.8 Å². The number of amides is 1. The standard InChI is InChI=1S/C13H18FN3O2/c1-17(10-4-2-3-5-11(10)18)13(19)9-6-8(14)7-16-12(9)15/h6-7,10-11,18H,2-5H2,1H3,(H2,15,16).